The molecule has 2 aromatic carbocycles. The number of hydrogen-bond donors (Lipinski definition) is 2. The zero-order chi connectivity index (χ0) is 21.0. The lowest BCUT2D eigenvalue weighted by Gasteiger charge is -2.11. The molecule has 0 atom stereocenters. The number of alkyl halides is 3. The van der Waals surface area contributed by atoms with Crippen LogP contribution in [0.5, 0.6) is 0 Å². The molecule has 0 unspecified atom stereocenters. The monoisotopic (exact) mass is 405 g/mol. The second-order valence-electron chi connectivity index (χ2n) is 6.50. The molecule has 29 heavy (non-hydrogen) atoms. The van der Waals surface area contributed by atoms with Crippen molar-refractivity contribution in [2.45, 2.75) is 32.0 Å². The number of carboxylic acids is 1. The molecule has 3 rings (SSSR count). The number of hydrogen-bond acceptors (Lipinski definition) is 3. The number of nitrogens with one attached hydrogen (secondary N) is 1. The Labute approximate surface area is 164 Å². The van der Waals surface area contributed by atoms with Gasteiger partial charge in [-0.3, -0.25) is 9.59 Å². The summed E-state index contributed by atoms with van der Waals surface area (Å²) in [5.41, 5.74) is 1.41. The second kappa shape index (κ2) is 8.34. The zero-order valence-corrected chi connectivity index (χ0v) is 15.2. The van der Waals surface area contributed by atoms with Crippen LogP contribution in [0.15, 0.2) is 48.5 Å². The number of carbonyl (C=O) groups is 2. The molecule has 1 heterocycles. The standard InChI is InChI=1S/C20H18F3N3O3/c21-20(22,23)19-25-15-11-14(24-17(27)7-4-8-18(28)29)9-10-16(15)26(19)12-13-5-2-1-3-6-13/h1-3,5-6,9-11H,4,7-8,12H2,(H,24,27)(H,28,29). The molecule has 0 saturated carbocycles. The van der Waals surface area contributed by atoms with Gasteiger partial charge in [-0.15, -0.1) is 0 Å². The Morgan fingerprint density at radius 3 is 2.45 bits per heavy atom. The van der Waals surface area contributed by atoms with Crippen molar-refractivity contribution < 1.29 is 27.9 Å². The quantitative estimate of drug-likeness (QED) is 0.614. The molecule has 152 valence electrons. The molecule has 9 heteroatoms. The van der Waals surface area contributed by atoms with Gasteiger partial charge in [-0.1, -0.05) is 30.3 Å². The minimum atomic E-state index is -4.63. The summed E-state index contributed by atoms with van der Waals surface area (Å²) in [5.74, 6) is -2.42. The lowest BCUT2D eigenvalue weighted by Crippen LogP contribution is -2.15. The van der Waals surface area contributed by atoms with Crippen molar-refractivity contribution in [2.75, 3.05) is 5.32 Å². The first kappa shape index (κ1) is 20.4. The first-order chi connectivity index (χ1) is 13.7. The number of anilines is 1. The molecular weight excluding hydrogens is 387 g/mol. The van der Waals surface area contributed by atoms with Crippen molar-refractivity contribution in [3.63, 3.8) is 0 Å². The Morgan fingerprint density at radius 2 is 1.79 bits per heavy atom. The number of aliphatic carboxylic acids is 1. The van der Waals surface area contributed by atoms with Crippen molar-refractivity contribution >= 4 is 28.6 Å². The van der Waals surface area contributed by atoms with Gasteiger partial charge in [0.15, 0.2) is 0 Å². The zero-order valence-electron chi connectivity index (χ0n) is 15.2. The molecule has 1 amide bonds. The van der Waals surface area contributed by atoms with Gasteiger partial charge in [0.05, 0.1) is 11.0 Å². The molecule has 2 N–H and O–H groups in total. The van der Waals surface area contributed by atoms with E-state index in [2.05, 4.69) is 10.3 Å². The molecule has 0 aliphatic heterocycles. The molecule has 0 aliphatic rings. The van der Waals surface area contributed by atoms with Crippen LogP contribution >= 0.6 is 0 Å². The van der Waals surface area contributed by atoms with Gasteiger partial charge in [-0.2, -0.15) is 13.2 Å². The summed E-state index contributed by atoms with van der Waals surface area (Å²) in [5, 5.41) is 11.2. The first-order valence-corrected chi connectivity index (χ1v) is 8.87. The number of rotatable bonds is 7. The summed E-state index contributed by atoms with van der Waals surface area (Å²) in [7, 11) is 0. The van der Waals surface area contributed by atoms with E-state index in [1.165, 1.54) is 18.2 Å². The average Bonchev–Trinajstić information content (AvgIpc) is 3.00. The minimum absolute atomic E-state index is 0.000581. The number of halogens is 3. The van der Waals surface area contributed by atoms with E-state index in [0.29, 0.717) is 16.8 Å². The Morgan fingerprint density at radius 1 is 1.07 bits per heavy atom. The summed E-state index contributed by atoms with van der Waals surface area (Å²) >= 11 is 0. The van der Waals surface area contributed by atoms with Crippen LogP contribution in [0, 0.1) is 0 Å². The lowest BCUT2D eigenvalue weighted by atomic mass is 10.2. The molecule has 1 aromatic heterocycles. The third-order valence-corrected chi connectivity index (χ3v) is 4.26. The third-order valence-electron chi connectivity index (χ3n) is 4.26. The van der Waals surface area contributed by atoms with Gasteiger partial charge in [-0.05, 0) is 30.2 Å². The Bertz CT molecular complexity index is 1030. The number of carboxylic acid groups (broad SMARTS) is 1. The molecule has 0 spiro atoms. The van der Waals surface area contributed by atoms with Crippen LogP contribution in [0.4, 0.5) is 18.9 Å². The first-order valence-electron chi connectivity index (χ1n) is 8.87. The van der Waals surface area contributed by atoms with E-state index in [1.807, 2.05) is 0 Å². The summed E-state index contributed by atoms with van der Waals surface area (Å²) in [6, 6.07) is 13.1. The van der Waals surface area contributed by atoms with Gasteiger partial charge in [0.1, 0.15) is 0 Å². The Kier molecular flexibility index (Phi) is 5.86. The maximum Gasteiger partial charge on any atom is 0.449 e. The summed E-state index contributed by atoms with van der Waals surface area (Å²) in [4.78, 5) is 26.1. The Balaban J connectivity index is 1.87. The summed E-state index contributed by atoms with van der Waals surface area (Å²) < 4.78 is 41.6. The van der Waals surface area contributed by atoms with Crippen molar-refractivity contribution in [2.24, 2.45) is 0 Å². The molecule has 0 bridgehead atoms. The van der Waals surface area contributed by atoms with E-state index >= 15 is 0 Å². The highest BCUT2D eigenvalue weighted by molar-refractivity contribution is 5.93. The van der Waals surface area contributed by atoms with Crippen molar-refractivity contribution in [3.8, 4) is 0 Å². The fraction of sp³-hybridized carbons (Fsp3) is 0.250. The van der Waals surface area contributed by atoms with E-state index in [4.69, 9.17) is 5.11 Å². The van der Waals surface area contributed by atoms with Crippen molar-refractivity contribution in [1.29, 1.82) is 0 Å². The Hall–Kier alpha value is -3.36. The van der Waals surface area contributed by atoms with Crippen LogP contribution in [0.2, 0.25) is 0 Å². The molecule has 0 aliphatic carbocycles. The number of benzene rings is 2. The van der Waals surface area contributed by atoms with Gasteiger partial charge in [-0.25, -0.2) is 4.98 Å². The topological polar surface area (TPSA) is 84.2 Å². The van der Waals surface area contributed by atoms with E-state index in [9.17, 15) is 22.8 Å². The highest BCUT2D eigenvalue weighted by Crippen LogP contribution is 2.33. The number of nitrogens with zero attached hydrogens (tertiary/aromatic N) is 2. The van der Waals surface area contributed by atoms with Crippen LogP contribution < -0.4 is 5.32 Å². The smallest absolute Gasteiger partial charge is 0.449 e. The van der Waals surface area contributed by atoms with Crippen LogP contribution in [-0.2, 0) is 22.3 Å². The number of aromatic nitrogens is 2. The molecule has 6 nitrogen and oxygen atoms in total. The van der Waals surface area contributed by atoms with Gasteiger partial charge in [0, 0.05) is 25.1 Å². The molecule has 0 fully saturated rings. The largest absolute Gasteiger partial charge is 0.481 e. The van der Waals surface area contributed by atoms with Crippen LogP contribution in [0.25, 0.3) is 11.0 Å². The summed E-state index contributed by atoms with van der Waals surface area (Å²) in [6.45, 7) is 0.00702. The highest BCUT2D eigenvalue weighted by Gasteiger charge is 2.37. The normalized spacial score (nSPS) is 11.6. The number of carbonyl (C=O) groups excluding carboxylic acids is 1. The fourth-order valence-corrected chi connectivity index (χ4v) is 2.97. The summed E-state index contributed by atoms with van der Waals surface area (Å²) in [6.07, 6.45) is -4.59. The third kappa shape index (κ3) is 5.13. The van der Waals surface area contributed by atoms with E-state index in [0.717, 1.165) is 4.57 Å². The molecule has 0 saturated heterocycles. The van der Waals surface area contributed by atoms with Crippen LogP contribution in [-0.4, -0.2) is 26.5 Å². The predicted molar refractivity (Wildman–Crippen MR) is 100 cm³/mol. The van der Waals surface area contributed by atoms with Crippen LogP contribution in [0.1, 0.15) is 30.7 Å². The van der Waals surface area contributed by atoms with Gasteiger partial charge < -0.3 is 15.0 Å². The SMILES string of the molecule is O=C(O)CCCC(=O)Nc1ccc2c(c1)nc(C(F)(F)F)n2Cc1ccccc1. The van der Waals surface area contributed by atoms with Gasteiger partial charge >= 0.3 is 12.1 Å². The van der Waals surface area contributed by atoms with Crippen LogP contribution in [0.3, 0.4) is 0 Å². The number of amides is 1. The van der Waals surface area contributed by atoms with Crippen molar-refractivity contribution in [3.05, 3.63) is 59.9 Å². The maximum absolute atomic E-state index is 13.5. The number of fused-ring (bicyclic) bond motifs is 1. The molecule has 0 radical (unpaired) electrons. The van der Waals surface area contributed by atoms with Gasteiger partial charge in [0.25, 0.3) is 0 Å². The van der Waals surface area contributed by atoms with E-state index < -0.39 is 23.9 Å². The molecule has 3 aromatic rings. The lowest BCUT2D eigenvalue weighted by molar-refractivity contribution is -0.146. The minimum Gasteiger partial charge on any atom is -0.481 e. The fourth-order valence-electron chi connectivity index (χ4n) is 2.97. The van der Waals surface area contributed by atoms with E-state index in [-0.39, 0.29) is 31.3 Å². The van der Waals surface area contributed by atoms with Gasteiger partial charge in [0.2, 0.25) is 11.7 Å². The second-order valence-corrected chi connectivity index (χ2v) is 6.50. The van der Waals surface area contributed by atoms with E-state index in [1.54, 1.807) is 30.3 Å². The predicted octanol–water partition coefficient (Wildman–Crippen LogP) is 4.30. The molecular formula is C20H18F3N3O3. The highest BCUT2D eigenvalue weighted by atomic mass is 19.4. The van der Waals surface area contributed by atoms with Crippen molar-refractivity contribution in [1.82, 2.24) is 9.55 Å². The average molecular weight is 405 g/mol. The maximum atomic E-state index is 13.5. The number of imidazole rings is 1.